The molecule has 2 heteroatoms. The third-order valence-electron chi connectivity index (χ3n) is 0.872. The predicted molar refractivity (Wildman–Crippen MR) is 57.2 cm³/mol. The van der Waals surface area contributed by atoms with Crippen molar-refractivity contribution < 1.29 is 0 Å². The van der Waals surface area contributed by atoms with Crippen molar-refractivity contribution in [2.24, 2.45) is 0 Å². The summed E-state index contributed by atoms with van der Waals surface area (Å²) in [5.74, 6) is 0. The zero-order valence-corrected chi connectivity index (χ0v) is 8.21. The van der Waals surface area contributed by atoms with Crippen LogP contribution in [0.5, 0.6) is 0 Å². The minimum atomic E-state index is -0.0366. The summed E-state index contributed by atoms with van der Waals surface area (Å²) in [4.78, 5) is 3.54. The second-order valence-corrected chi connectivity index (χ2v) is 3.18. The molecule has 0 aliphatic rings. The molecule has 0 spiro atoms. The topological polar surface area (TPSA) is 4.36 Å². The molecule has 0 radical (unpaired) electrons. The molecule has 0 atom stereocenters. The highest BCUT2D eigenvalue weighted by Crippen LogP contribution is 2.05. The van der Waals surface area contributed by atoms with E-state index in [1.54, 1.807) is 0 Å². The van der Waals surface area contributed by atoms with E-state index < -0.39 is 0 Å². The maximum absolute atomic E-state index is 5.03. The molecule has 0 aliphatic carbocycles. The summed E-state index contributed by atoms with van der Waals surface area (Å²) in [5.41, 5.74) is 1.17. The molecule has 0 bridgehead atoms. The monoisotopic (exact) mass is 248 g/mol. The molecule has 54 valence electrons. The van der Waals surface area contributed by atoms with E-state index in [-0.39, 0.29) is 20.7 Å². The molecule has 0 aromatic carbocycles. The largest absolute Gasteiger partial charge is 0.288 e. The molecule has 1 nitrogen and oxygen atoms in total. The first kappa shape index (κ1) is 9.57. The smallest absolute Gasteiger partial charge is 0.101 e. The van der Waals surface area contributed by atoms with Gasteiger partial charge < -0.3 is 0 Å². The molecule has 0 fully saturated rings. The Balaban J connectivity index is 4.13. The molecule has 0 aromatic rings. The van der Waals surface area contributed by atoms with Crippen molar-refractivity contribution in [3.05, 3.63) is 26.7 Å². The van der Waals surface area contributed by atoms with Gasteiger partial charge in [0.2, 0.25) is 0 Å². The van der Waals surface area contributed by atoms with Gasteiger partial charge in [-0.05, 0) is 11.0 Å². The Morgan fingerprint density at radius 3 is 2.90 bits per heavy atom. The maximum Gasteiger partial charge on any atom is 0.288 e. The van der Waals surface area contributed by atoms with Crippen molar-refractivity contribution in [1.29, 1.82) is 0 Å². The van der Waals surface area contributed by atoms with E-state index >= 15 is 0 Å². The first-order valence-corrected chi connectivity index (χ1v) is 5.67. The Kier molecular flexibility index (Phi) is 6.40. The van der Waals surface area contributed by atoms with Crippen LogP contribution in [0.25, 0.3) is 4.85 Å². The molecule has 0 unspecified atom stereocenters. The average Bonchev–Trinajstić information content (AvgIpc) is 1.90. The molecule has 0 rings (SSSR count). The van der Waals surface area contributed by atoms with Crippen molar-refractivity contribution in [3.8, 4) is 6.57 Å². The van der Waals surface area contributed by atoms with Gasteiger partial charge in [-0.25, -0.2) is 0 Å². The highest BCUT2D eigenvalue weighted by Gasteiger charge is 1.93. The standard InChI is InChI=1S/C8H11IN/c1-4-5-8(6-9-2)7-10-3/h3-6H,2,7H2,1H3/q+1/b5-4-,8-6+. The summed E-state index contributed by atoms with van der Waals surface area (Å²) < 4.78 is 5.93. The van der Waals surface area contributed by atoms with Crippen LogP contribution < -0.4 is 0 Å². The Morgan fingerprint density at radius 2 is 2.50 bits per heavy atom. The lowest BCUT2D eigenvalue weighted by Gasteiger charge is -1.82. The van der Waals surface area contributed by atoms with Crippen molar-refractivity contribution in [3.63, 3.8) is 0 Å². The molecule has 0 N–H and O–H groups in total. The first-order chi connectivity index (χ1) is 4.85. The molecule has 0 saturated heterocycles. The second-order valence-electron chi connectivity index (χ2n) is 1.68. The zero-order valence-electron chi connectivity index (χ0n) is 6.05. The van der Waals surface area contributed by atoms with Gasteiger partial charge >= 0.3 is 0 Å². The lowest BCUT2D eigenvalue weighted by atomic mass is 10.3. The highest BCUT2D eigenvalue weighted by molar-refractivity contribution is 14.2. The van der Waals surface area contributed by atoms with Crippen LogP contribution in [-0.4, -0.2) is 11.1 Å². The zero-order chi connectivity index (χ0) is 7.82. The maximum atomic E-state index is 5.03. The summed E-state index contributed by atoms with van der Waals surface area (Å²) >= 11 is -0.0366. The second kappa shape index (κ2) is 6.69. The SMILES string of the molecule is C#[N+]CC(/C=C\C)=C/I=C. The average molecular weight is 248 g/mol. The van der Waals surface area contributed by atoms with E-state index in [4.69, 9.17) is 6.57 Å². The fourth-order valence-electron chi connectivity index (χ4n) is 0.542. The van der Waals surface area contributed by atoms with Gasteiger partial charge in [-0.15, -0.1) is 20.7 Å². The molecule has 0 aliphatic heterocycles. The van der Waals surface area contributed by atoms with Crippen molar-refractivity contribution in [2.75, 3.05) is 6.54 Å². The Morgan fingerprint density at radius 1 is 1.80 bits per heavy atom. The fraction of sp³-hybridized carbons (Fsp3) is 0.250. The Labute approximate surface area is 72.0 Å². The van der Waals surface area contributed by atoms with Crippen molar-refractivity contribution in [1.82, 2.24) is 0 Å². The summed E-state index contributed by atoms with van der Waals surface area (Å²) in [5, 5.41) is 0. The van der Waals surface area contributed by atoms with E-state index in [1.165, 1.54) is 5.57 Å². The van der Waals surface area contributed by atoms with Gasteiger partial charge in [-0.1, -0.05) is 21.5 Å². The van der Waals surface area contributed by atoms with Gasteiger partial charge in [0.15, 0.2) is 0 Å². The van der Waals surface area contributed by atoms with Gasteiger partial charge in [0, 0.05) is 5.57 Å². The lowest BCUT2D eigenvalue weighted by Crippen LogP contribution is -1.77. The van der Waals surface area contributed by atoms with E-state index in [0.717, 1.165) is 0 Å². The summed E-state index contributed by atoms with van der Waals surface area (Å²) in [6, 6.07) is 0. The van der Waals surface area contributed by atoms with Crippen LogP contribution in [-0.2, 0) is 0 Å². The van der Waals surface area contributed by atoms with Crippen molar-refractivity contribution >= 4 is 25.2 Å². The van der Waals surface area contributed by atoms with Gasteiger partial charge in [-0.2, -0.15) is 0 Å². The van der Waals surface area contributed by atoms with Crippen LogP contribution in [0.4, 0.5) is 0 Å². The summed E-state index contributed by atoms with van der Waals surface area (Å²) in [6.07, 6.45) is 4.00. The molecule has 10 heavy (non-hydrogen) atoms. The van der Waals surface area contributed by atoms with E-state index in [9.17, 15) is 0 Å². The first-order valence-electron chi connectivity index (χ1n) is 2.90. The third kappa shape index (κ3) is 4.45. The minimum Gasteiger partial charge on any atom is -0.101 e. The molecular formula is C8H11IN+. The Bertz CT molecular complexity index is 196. The molecular weight excluding hydrogens is 237 g/mol. The van der Waals surface area contributed by atoms with E-state index in [2.05, 4.69) is 13.4 Å². The molecule has 0 heterocycles. The molecule has 0 aromatic heterocycles. The van der Waals surface area contributed by atoms with Crippen LogP contribution in [0.2, 0.25) is 0 Å². The van der Waals surface area contributed by atoms with Gasteiger partial charge in [0.25, 0.3) is 13.1 Å². The van der Waals surface area contributed by atoms with Crippen LogP contribution in [0.1, 0.15) is 6.92 Å². The van der Waals surface area contributed by atoms with Gasteiger partial charge in [0.1, 0.15) is 0 Å². The normalized spacial score (nSPS) is 11.8. The lowest BCUT2D eigenvalue weighted by molar-refractivity contribution is 1.41. The summed E-state index contributed by atoms with van der Waals surface area (Å²) in [7, 11) is 0. The number of hydrogen-bond donors (Lipinski definition) is 0. The fourth-order valence-corrected chi connectivity index (χ4v) is 1.51. The van der Waals surface area contributed by atoms with Gasteiger partial charge in [0.05, 0.1) is 0 Å². The van der Waals surface area contributed by atoms with Crippen LogP contribution in [0.3, 0.4) is 0 Å². The number of halogens is 1. The van der Waals surface area contributed by atoms with Gasteiger partial charge in [-0.3, -0.25) is 0 Å². The van der Waals surface area contributed by atoms with Crippen LogP contribution in [0, 0.1) is 6.57 Å². The van der Waals surface area contributed by atoms with Crippen molar-refractivity contribution in [2.45, 2.75) is 6.92 Å². The Hall–Kier alpha value is -0.430. The number of hydrogen-bond acceptors (Lipinski definition) is 0. The summed E-state index contributed by atoms with van der Waals surface area (Å²) in [6.45, 7) is 7.62. The molecule has 0 amide bonds. The minimum absolute atomic E-state index is 0.0366. The quantitative estimate of drug-likeness (QED) is 0.534. The highest BCUT2D eigenvalue weighted by atomic mass is 127. The predicted octanol–water partition coefficient (Wildman–Crippen LogP) is 2.81. The van der Waals surface area contributed by atoms with E-state index in [1.807, 2.05) is 19.1 Å². The number of rotatable bonds is 3. The third-order valence-corrected chi connectivity index (χ3v) is 2.11. The van der Waals surface area contributed by atoms with E-state index in [0.29, 0.717) is 6.54 Å². The number of allylic oxidation sites excluding steroid dienone is 1. The molecule has 0 saturated carbocycles. The van der Waals surface area contributed by atoms with Crippen LogP contribution >= 0.6 is 20.7 Å². The number of nitrogens with zero attached hydrogens (tertiary/aromatic N) is 1. The van der Waals surface area contributed by atoms with Crippen LogP contribution in [0.15, 0.2) is 21.8 Å².